The average molecular weight is 253 g/mol. The van der Waals surface area contributed by atoms with Crippen molar-refractivity contribution in [1.29, 1.82) is 0 Å². The third kappa shape index (κ3) is 2.03. The summed E-state index contributed by atoms with van der Waals surface area (Å²) >= 11 is 0. The molecule has 0 aromatic carbocycles. The first kappa shape index (κ1) is 11.3. The molecular weight excluding hydrogens is 242 g/mol. The number of amides is 1. The second-order valence-electron chi connectivity index (χ2n) is 4.11. The number of anilines is 1. The summed E-state index contributed by atoms with van der Waals surface area (Å²) in [6.07, 6.45) is 8.06. The molecule has 0 spiro atoms. The minimum atomic E-state index is -0.273. The minimum Gasteiger partial charge on any atom is -0.305 e. The summed E-state index contributed by atoms with van der Waals surface area (Å²) < 4.78 is 1.45. The highest BCUT2D eigenvalue weighted by atomic mass is 16.2. The molecule has 0 atom stereocenters. The number of hydrogen-bond acceptors (Lipinski definition) is 4. The number of aromatic nitrogens is 4. The van der Waals surface area contributed by atoms with E-state index in [4.69, 9.17) is 0 Å². The normalized spacial score (nSPS) is 10.6. The SMILES string of the molecule is Cc1ccncc1NC(=O)n1ccc2cncnc21. The van der Waals surface area contributed by atoms with Gasteiger partial charge < -0.3 is 5.32 Å². The molecule has 3 heterocycles. The highest BCUT2D eigenvalue weighted by Gasteiger charge is 2.10. The first-order valence-corrected chi connectivity index (χ1v) is 5.75. The van der Waals surface area contributed by atoms with Gasteiger partial charge in [-0.2, -0.15) is 0 Å². The molecule has 0 fully saturated rings. The van der Waals surface area contributed by atoms with Gasteiger partial charge in [-0.3, -0.25) is 9.55 Å². The van der Waals surface area contributed by atoms with E-state index in [1.807, 2.05) is 13.0 Å². The molecule has 0 radical (unpaired) electrons. The van der Waals surface area contributed by atoms with E-state index in [-0.39, 0.29) is 6.03 Å². The fourth-order valence-corrected chi connectivity index (χ4v) is 1.81. The van der Waals surface area contributed by atoms with Gasteiger partial charge in [-0.25, -0.2) is 14.8 Å². The molecule has 0 aliphatic heterocycles. The molecule has 1 amide bonds. The van der Waals surface area contributed by atoms with E-state index >= 15 is 0 Å². The number of carbonyl (C=O) groups excluding carboxylic acids is 1. The lowest BCUT2D eigenvalue weighted by Gasteiger charge is -2.08. The van der Waals surface area contributed by atoms with Crippen LogP contribution in [0.5, 0.6) is 0 Å². The van der Waals surface area contributed by atoms with Gasteiger partial charge in [0.15, 0.2) is 5.65 Å². The lowest BCUT2D eigenvalue weighted by molar-refractivity contribution is 0.254. The van der Waals surface area contributed by atoms with Gasteiger partial charge in [-0.15, -0.1) is 0 Å². The number of hydrogen-bond donors (Lipinski definition) is 1. The maximum Gasteiger partial charge on any atom is 0.331 e. The van der Waals surface area contributed by atoms with Crippen molar-refractivity contribution in [3.8, 4) is 0 Å². The molecule has 3 aromatic rings. The van der Waals surface area contributed by atoms with Crippen LogP contribution in [-0.2, 0) is 0 Å². The van der Waals surface area contributed by atoms with E-state index in [2.05, 4.69) is 20.3 Å². The second kappa shape index (κ2) is 4.49. The third-order valence-electron chi connectivity index (χ3n) is 2.85. The van der Waals surface area contributed by atoms with E-state index < -0.39 is 0 Å². The van der Waals surface area contributed by atoms with Gasteiger partial charge in [0.2, 0.25) is 0 Å². The molecule has 0 saturated carbocycles. The largest absolute Gasteiger partial charge is 0.331 e. The van der Waals surface area contributed by atoms with Crippen molar-refractivity contribution in [2.24, 2.45) is 0 Å². The van der Waals surface area contributed by atoms with Crippen LogP contribution in [0.3, 0.4) is 0 Å². The van der Waals surface area contributed by atoms with Crippen molar-refractivity contribution in [3.63, 3.8) is 0 Å². The molecule has 94 valence electrons. The molecule has 19 heavy (non-hydrogen) atoms. The van der Waals surface area contributed by atoms with Crippen LogP contribution in [-0.4, -0.2) is 25.6 Å². The van der Waals surface area contributed by atoms with E-state index in [9.17, 15) is 4.79 Å². The molecule has 6 heteroatoms. The van der Waals surface area contributed by atoms with Crippen LogP contribution in [0, 0.1) is 6.92 Å². The number of nitrogens with one attached hydrogen (secondary N) is 1. The van der Waals surface area contributed by atoms with Crippen molar-refractivity contribution in [3.05, 3.63) is 48.8 Å². The Balaban J connectivity index is 1.95. The van der Waals surface area contributed by atoms with Crippen LogP contribution in [0.1, 0.15) is 5.56 Å². The van der Waals surface area contributed by atoms with Gasteiger partial charge in [0.1, 0.15) is 6.33 Å². The van der Waals surface area contributed by atoms with Crippen LogP contribution in [0.15, 0.2) is 43.2 Å². The third-order valence-corrected chi connectivity index (χ3v) is 2.85. The Kier molecular flexibility index (Phi) is 2.68. The number of rotatable bonds is 1. The highest BCUT2D eigenvalue weighted by Crippen LogP contribution is 2.15. The summed E-state index contributed by atoms with van der Waals surface area (Å²) in [5.74, 6) is 0. The molecule has 1 N–H and O–H groups in total. The van der Waals surface area contributed by atoms with Crippen LogP contribution < -0.4 is 5.32 Å². The summed E-state index contributed by atoms with van der Waals surface area (Å²) in [5, 5.41) is 3.63. The summed E-state index contributed by atoms with van der Waals surface area (Å²) in [5.41, 5.74) is 2.21. The van der Waals surface area contributed by atoms with Gasteiger partial charge >= 0.3 is 6.03 Å². The Morgan fingerprint density at radius 2 is 2.16 bits per heavy atom. The number of carbonyl (C=O) groups is 1. The monoisotopic (exact) mass is 253 g/mol. The number of fused-ring (bicyclic) bond motifs is 1. The predicted molar refractivity (Wildman–Crippen MR) is 70.9 cm³/mol. The molecule has 0 saturated heterocycles. The first-order valence-electron chi connectivity index (χ1n) is 5.75. The zero-order valence-electron chi connectivity index (χ0n) is 10.2. The Morgan fingerprint density at radius 3 is 3.00 bits per heavy atom. The number of nitrogens with zero attached hydrogens (tertiary/aromatic N) is 4. The van der Waals surface area contributed by atoms with Crippen LogP contribution >= 0.6 is 0 Å². The Bertz CT molecular complexity index is 749. The smallest absolute Gasteiger partial charge is 0.305 e. The van der Waals surface area contributed by atoms with Crippen molar-refractivity contribution in [2.75, 3.05) is 5.32 Å². The highest BCUT2D eigenvalue weighted by molar-refractivity contribution is 5.97. The molecular formula is C13H11N5O. The lowest BCUT2D eigenvalue weighted by atomic mass is 10.2. The molecule has 6 nitrogen and oxygen atoms in total. The second-order valence-corrected chi connectivity index (χ2v) is 4.11. The molecule has 3 rings (SSSR count). The zero-order chi connectivity index (χ0) is 13.2. The van der Waals surface area contributed by atoms with Gasteiger partial charge in [0.25, 0.3) is 0 Å². The minimum absolute atomic E-state index is 0.273. The van der Waals surface area contributed by atoms with Crippen molar-refractivity contribution >= 4 is 22.8 Å². The zero-order valence-corrected chi connectivity index (χ0v) is 10.2. The van der Waals surface area contributed by atoms with Crippen molar-refractivity contribution < 1.29 is 4.79 Å². The van der Waals surface area contributed by atoms with Crippen molar-refractivity contribution in [2.45, 2.75) is 6.92 Å². The van der Waals surface area contributed by atoms with Crippen LogP contribution in [0.4, 0.5) is 10.5 Å². The average Bonchev–Trinajstić information content (AvgIpc) is 2.85. The van der Waals surface area contributed by atoms with Crippen LogP contribution in [0.25, 0.3) is 11.0 Å². The summed E-state index contributed by atoms with van der Waals surface area (Å²) in [4.78, 5) is 24.2. The van der Waals surface area contributed by atoms with Gasteiger partial charge in [0.05, 0.1) is 11.9 Å². The molecule has 0 aliphatic carbocycles. The number of pyridine rings is 1. The van der Waals surface area contributed by atoms with E-state index in [0.717, 1.165) is 10.9 Å². The Morgan fingerprint density at radius 1 is 1.26 bits per heavy atom. The first-order chi connectivity index (χ1) is 9.25. The maximum absolute atomic E-state index is 12.2. The summed E-state index contributed by atoms with van der Waals surface area (Å²) in [6, 6.07) is 3.36. The molecule has 3 aromatic heterocycles. The lowest BCUT2D eigenvalue weighted by Crippen LogP contribution is -2.19. The fraction of sp³-hybridized carbons (Fsp3) is 0.0769. The number of aryl methyl sites for hydroxylation is 1. The molecule has 0 bridgehead atoms. The van der Waals surface area contributed by atoms with E-state index in [0.29, 0.717) is 11.3 Å². The maximum atomic E-state index is 12.2. The van der Waals surface area contributed by atoms with Gasteiger partial charge in [-0.1, -0.05) is 0 Å². The predicted octanol–water partition coefficient (Wildman–Crippen LogP) is 2.21. The van der Waals surface area contributed by atoms with E-state index in [1.165, 1.54) is 10.9 Å². The van der Waals surface area contributed by atoms with Crippen LogP contribution in [0.2, 0.25) is 0 Å². The standard InChI is InChI=1S/C13H11N5O/c1-9-2-4-14-7-11(9)17-13(19)18-5-3-10-6-15-8-16-12(10)18/h2-8H,1H3,(H,17,19). The quantitative estimate of drug-likeness (QED) is 0.721. The summed E-state index contributed by atoms with van der Waals surface area (Å²) in [6.45, 7) is 1.91. The van der Waals surface area contributed by atoms with Gasteiger partial charge in [-0.05, 0) is 24.6 Å². The van der Waals surface area contributed by atoms with E-state index in [1.54, 1.807) is 30.9 Å². The topological polar surface area (TPSA) is 72.7 Å². The van der Waals surface area contributed by atoms with Gasteiger partial charge in [0, 0.05) is 24.0 Å². The van der Waals surface area contributed by atoms with Crippen molar-refractivity contribution in [1.82, 2.24) is 19.5 Å². The Hall–Kier alpha value is -2.76. The molecule has 0 aliphatic rings. The Labute approximate surface area is 109 Å². The molecule has 0 unspecified atom stereocenters. The fourth-order valence-electron chi connectivity index (χ4n) is 1.81. The summed E-state index contributed by atoms with van der Waals surface area (Å²) in [7, 11) is 0.